The van der Waals surface area contributed by atoms with Crippen molar-refractivity contribution >= 4 is 12.2 Å². The first-order chi connectivity index (χ1) is 12.6. The average Bonchev–Trinajstić information content (AvgIpc) is 2.66. The first kappa shape index (κ1) is 17.2. The summed E-state index contributed by atoms with van der Waals surface area (Å²) in [6.07, 6.45) is 4.69. The highest BCUT2D eigenvalue weighted by molar-refractivity contribution is 5.55. The van der Waals surface area contributed by atoms with E-state index < -0.39 is 11.1 Å². The van der Waals surface area contributed by atoms with Crippen LogP contribution in [0.3, 0.4) is 0 Å². The molecule has 0 spiro atoms. The smallest absolute Gasteiger partial charge is 0.272 e. The van der Waals surface area contributed by atoms with Crippen molar-refractivity contribution in [2.24, 2.45) is 0 Å². The second kappa shape index (κ2) is 7.52. The largest absolute Gasteiger partial charge is 0.493 e. The van der Waals surface area contributed by atoms with Gasteiger partial charge in [0.15, 0.2) is 11.5 Å². The molecule has 2 aromatic heterocycles. The number of ether oxygens (including phenoxy) is 2. The fourth-order valence-corrected chi connectivity index (χ4v) is 2.41. The molecule has 0 fully saturated rings. The number of H-pyrrole nitrogens is 2. The fourth-order valence-electron chi connectivity index (χ4n) is 2.41. The molecule has 0 aliphatic rings. The Bertz CT molecular complexity index is 1150. The third-order valence-electron chi connectivity index (χ3n) is 3.68. The van der Waals surface area contributed by atoms with Gasteiger partial charge in [0.1, 0.15) is 10.7 Å². The van der Waals surface area contributed by atoms with Gasteiger partial charge in [-0.2, -0.15) is 0 Å². The summed E-state index contributed by atoms with van der Waals surface area (Å²) in [5.41, 5.74) is 0.430. The monoisotopic (exact) mass is 351 g/mol. The molecule has 0 aliphatic heterocycles. The highest BCUT2D eigenvalue weighted by atomic mass is 16.5. The van der Waals surface area contributed by atoms with Crippen LogP contribution in [0.2, 0.25) is 0 Å². The molecule has 2 N–H and O–H groups in total. The standard InChI is InChI=1S/C19H17N3O4/c1-25-16-7-6-12(10-17(16)26-2)9-14-18(23)22-15(19(24)21-14)11-13-5-3-4-8-20-13/h3-11H,1-2H3,(H,21,24)(H,22,23)/b14-9+,15-11-. The van der Waals surface area contributed by atoms with Crippen LogP contribution < -0.4 is 31.3 Å². The molecule has 0 amide bonds. The minimum absolute atomic E-state index is 0.137. The van der Waals surface area contributed by atoms with Gasteiger partial charge in [-0.25, -0.2) is 0 Å². The number of hydrogen-bond acceptors (Lipinski definition) is 5. The topological polar surface area (TPSA) is 97.1 Å². The molecule has 1 aromatic carbocycles. The lowest BCUT2D eigenvalue weighted by Crippen LogP contribution is -2.46. The summed E-state index contributed by atoms with van der Waals surface area (Å²) in [4.78, 5) is 33.9. The quantitative estimate of drug-likeness (QED) is 0.697. The Balaban J connectivity index is 2.09. The molecule has 7 heteroatoms. The summed E-state index contributed by atoms with van der Waals surface area (Å²) >= 11 is 0. The van der Waals surface area contributed by atoms with Gasteiger partial charge in [0.2, 0.25) is 0 Å². The van der Waals surface area contributed by atoms with E-state index >= 15 is 0 Å². The number of rotatable bonds is 4. The summed E-state index contributed by atoms with van der Waals surface area (Å²) < 4.78 is 10.4. The van der Waals surface area contributed by atoms with Crippen LogP contribution in [-0.4, -0.2) is 29.2 Å². The molecule has 2 heterocycles. The van der Waals surface area contributed by atoms with Crippen LogP contribution in [-0.2, 0) is 0 Å². The van der Waals surface area contributed by atoms with Crippen molar-refractivity contribution in [1.29, 1.82) is 0 Å². The third kappa shape index (κ3) is 3.72. The maximum Gasteiger partial charge on any atom is 0.272 e. The summed E-state index contributed by atoms with van der Waals surface area (Å²) in [7, 11) is 3.07. The van der Waals surface area contributed by atoms with Crippen LogP contribution in [0.4, 0.5) is 0 Å². The number of nitrogens with zero attached hydrogens (tertiary/aromatic N) is 1. The number of aromatic nitrogens is 3. The molecule has 0 saturated heterocycles. The van der Waals surface area contributed by atoms with Crippen LogP contribution in [0, 0.1) is 0 Å². The molecule has 0 unspecified atom stereocenters. The molecular weight excluding hydrogens is 334 g/mol. The molecular formula is C19H17N3O4. The predicted octanol–water partition coefficient (Wildman–Crippen LogP) is 0.133. The van der Waals surface area contributed by atoms with E-state index in [2.05, 4.69) is 15.0 Å². The predicted molar refractivity (Wildman–Crippen MR) is 97.9 cm³/mol. The van der Waals surface area contributed by atoms with Crippen LogP contribution in [0.5, 0.6) is 11.5 Å². The zero-order chi connectivity index (χ0) is 18.5. The molecule has 3 aromatic rings. The Labute approximate surface area is 148 Å². The summed E-state index contributed by atoms with van der Waals surface area (Å²) in [5.74, 6) is 1.10. The van der Waals surface area contributed by atoms with Gasteiger partial charge < -0.3 is 19.4 Å². The molecule has 0 bridgehead atoms. The number of nitrogens with one attached hydrogen (secondary N) is 2. The van der Waals surface area contributed by atoms with E-state index in [-0.39, 0.29) is 10.7 Å². The van der Waals surface area contributed by atoms with E-state index in [9.17, 15) is 9.59 Å². The number of pyridine rings is 1. The maximum atomic E-state index is 12.3. The van der Waals surface area contributed by atoms with Gasteiger partial charge in [-0.15, -0.1) is 0 Å². The second-order valence-electron chi connectivity index (χ2n) is 5.39. The van der Waals surface area contributed by atoms with Gasteiger partial charge in [-0.1, -0.05) is 12.1 Å². The molecule has 0 atom stereocenters. The van der Waals surface area contributed by atoms with Crippen LogP contribution in [0.1, 0.15) is 11.3 Å². The van der Waals surface area contributed by atoms with E-state index in [0.29, 0.717) is 22.8 Å². The molecule has 132 valence electrons. The molecule has 26 heavy (non-hydrogen) atoms. The first-order valence-corrected chi connectivity index (χ1v) is 7.80. The van der Waals surface area contributed by atoms with Gasteiger partial charge >= 0.3 is 0 Å². The Hall–Kier alpha value is -3.61. The molecule has 3 rings (SSSR count). The Morgan fingerprint density at radius 1 is 0.885 bits per heavy atom. The van der Waals surface area contributed by atoms with Crippen molar-refractivity contribution in [3.05, 3.63) is 85.3 Å². The van der Waals surface area contributed by atoms with Gasteiger partial charge in [0.25, 0.3) is 11.1 Å². The number of methoxy groups -OCH3 is 2. The van der Waals surface area contributed by atoms with Gasteiger partial charge in [-0.05, 0) is 42.0 Å². The van der Waals surface area contributed by atoms with E-state index in [1.807, 2.05) is 0 Å². The lowest BCUT2D eigenvalue weighted by molar-refractivity contribution is 0.355. The van der Waals surface area contributed by atoms with Crippen molar-refractivity contribution in [2.45, 2.75) is 0 Å². The summed E-state index contributed by atoms with van der Waals surface area (Å²) in [6, 6.07) is 10.5. The Kier molecular flexibility index (Phi) is 4.98. The Morgan fingerprint density at radius 3 is 2.19 bits per heavy atom. The molecule has 7 nitrogen and oxygen atoms in total. The maximum absolute atomic E-state index is 12.3. The fraction of sp³-hybridized carbons (Fsp3) is 0.105. The van der Waals surface area contributed by atoms with Crippen molar-refractivity contribution in [2.75, 3.05) is 14.2 Å². The minimum Gasteiger partial charge on any atom is -0.493 e. The normalized spacial score (nSPS) is 12.2. The molecule has 0 saturated carbocycles. The van der Waals surface area contributed by atoms with E-state index in [0.717, 1.165) is 0 Å². The van der Waals surface area contributed by atoms with Gasteiger partial charge in [0, 0.05) is 6.20 Å². The van der Waals surface area contributed by atoms with E-state index in [1.54, 1.807) is 55.8 Å². The average molecular weight is 351 g/mol. The van der Waals surface area contributed by atoms with Crippen molar-refractivity contribution < 1.29 is 9.47 Å². The number of aromatic amines is 2. The SMILES string of the molecule is COc1ccc(/C=c2/[nH]c(=O)/c(=C/c3ccccn3)[nH]c2=O)cc1OC. The summed E-state index contributed by atoms with van der Waals surface area (Å²) in [5, 5.41) is 0.276. The lowest BCUT2D eigenvalue weighted by Gasteiger charge is -2.07. The first-order valence-electron chi connectivity index (χ1n) is 7.80. The summed E-state index contributed by atoms with van der Waals surface area (Å²) in [6.45, 7) is 0. The van der Waals surface area contributed by atoms with Crippen molar-refractivity contribution in [1.82, 2.24) is 15.0 Å². The number of benzene rings is 1. The van der Waals surface area contributed by atoms with Gasteiger partial charge in [0.05, 0.1) is 19.9 Å². The zero-order valence-corrected chi connectivity index (χ0v) is 14.3. The third-order valence-corrected chi connectivity index (χ3v) is 3.68. The molecule has 0 aliphatic carbocycles. The number of hydrogen-bond donors (Lipinski definition) is 2. The Morgan fingerprint density at radius 2 is 1.58 bits per heavy atom. The van der Waals surface area contributed by atoms with E-state index in [1.165, 1.54) is 13.2 Å². The lowest BCUT2D eigenvalue weighted by atomic mass is 10.2. The van der Waals surface area contributed by atoms with Crippen molar-refractivity contribution in [3.8, 4) is 11.5 Å². The zero-order valence-electron chi connectivity index (χ0n) is 14.3. The van der Waals surface area contributed by atoms with E-state index in [4.69, 9.17) is 9.47 Å². The van der Waals surface area contributed by atoms with Crippen LogP contribution >= 0.6 is 0 Å². The molecule has 0 radical (unpaired) electrons. The van der Waals surface area contributed by atoms with Crippen LogP contribution in [0.25, 0.3) is 12.2 Å². The second-order valence-corrected chi connectivity index (χ2v) is 5.39. The highest BCUT2D eigenvalue weighted by Crippen LogP contribution is 2.27. The van der Waals surface area contributed by atoms with Gasteiger partial charge in [-0.3, -0.25) is 14.6 Å². The van der Waals surface area contributed by atoms with Crippen molar-refractivity contribution in [3.63, 3.8) is 0 Å². The highest BCUT2D eigenvalue weighted by Gasteiger charge is 2.04. The van der Waals surface area contributed by atoms with Crippen LogP contribution in [0.15, 0.2) is 52.2 Å². The minimum atomic E-state index is -0.415.